The number of hydroxylamine groups is 2. The molecule has 0 fully saturated rings. The van der Waals surface area contributed by atoms with Crippen LogP contribution in [0, 0.1) is 0 Å². The standard InChI is InChI=1S/C33H26N2O6/c1-34(33(39)40-20-28-24-15-7-5-13-22(24)23-14-6-8-16-25(23)28)29(19-21-11-3-2-4-12-21)32(38)41-35-30(36)26-17-9-10-18-27(26)31(35)37/h2-18,28-29H,19-20H2,1H3/t29-/m1/s1. The zero-order chi connectivity index (χ0) is 28.5. The van der Waals surface area contributed by atoms with Gasteiger partial charge in [-0.1, -0.05) is 96.1 Å². The Kier molecular flexibility index (Phi) is 6.81. The van der Waals surface area contributed by atoms with Gasteiger partial charge in [0.15, 0.2) is 0 Å². The zero-order valence-electron chi connectivity index (χ0n) is 22.2. The van der Waals surface area contributed by atoms with Crippen LogP contribution in [0.25, 0.3) is 11.1 Å². The fourth-order valence-electron chi connectivity index (χ4n) is 5.44. The Hall–Kier alpha value is -5.24. The molecule has 1 aliphatic heterocycles. The van der Waals surface area contributed by atoms with Crippen molar-refractivity contribution in [3.05, 3.63) is 131 Å². The summed E-state index contributed by atoms with van der Waals surface area (Å²) in [6, 6.07) is 30.2. The number of carbonyl (C=O) groups is 4. The zero-order valence-corrected chi connectivity index (χ0v) is 22.2. The van der Waals surface area contributed by atoms with Crippen molar-refractivity contribution in [2.24, 2.45) is 0 Å². The number of hydrogen-bond acceptors (Lipinski definition) is 6. The van der Waals surface area contributed by atoms with E-state index in [1.807, 2.05) is 78.9 Å². The maximum Gasteiger partial charge on any atom is 0.410 e. The van der Waals surface area contributed by atoms with Gasteiger partial charge in [0.1, 0.15) is 12.6 Å². The monoisotopic (exact) mass is 546 g/mol. The molecular formula is C33H26N2O6. The number of nitrogens with zero attached hydrogens (tertiary/aromatic N) is 2. The second-order valence-corrected chi connectivity index (χ2v) is 9.98. The van der Waals surface area contributed by atoms with E-state index in [2.05, 4.69) is 0 Å². The van der Waals surface area contributed by atoms with Crippen LogP contribution < -0.4 is 0 Å². The summed E-state index contributed by atoms with van der Waals surface area (Å²) in [5.74, 6) is -2.56. The number of ether oxygens (including phenoxy) is 1. The van der Waals surface area contributed by atoms with Gasteiger partial charge in [-0.25, -0.2) is 9.59 Å². The van der Waals surface area contributed by atoms with Crippen molar-refractivity contribution in [1.29, 1.82) is 0 Å². The molecule has 41 heavy (non-hydrogen) atoms. The van der Waals surface area contributed by atoms with Crippen molar-refractivity contribution < 1.29 is 28.8 Å². The molecule has 3 amide bonds. The van der Waals surface area contributed by atoms with Crippen LogP contribution in [0.15, 0.2) is 103 Å². The quantitative estimate of drug-likeness (QED) is 0.295. The second-order valence-electron chi connectivity index (χ2n) is 9.98. The number of imide groups is 1. The summed E-state index contributed by atoms with van der Waals surface area (Å²) < 4.78 is 5.76. The van der Waals surface area contributed by atoms with E-state index in [-0.39, 0.29) is 30.1 Å². The van der Waals surface area contributed by atoms with Gasteiger partial charge in [0, 0.05) is 19.4 Å². The van der Waals surface area contributed by atoms with Crippen LogP contribution in [0.3, 0.4) is 0 Å². The van der Waals surface area contributed by atoms with Crippen molar-refractivity contribution in [3.8, 4) is 11.1 Å². The van der Waals surface area contributed by atoms with E-state index in [1.54, 1.807) is 12.1 Å². The molecule has 2 aliphatic rings. The minimum absolute atomic E-state index is 0.0721. The first-order chi connectivity index (χ1) is 19.9. The molecule has 0 radical (unpaired) electrons. The summed E-state index contributed by atoms with van der Waals surface area (Å²) in [7, 11) is 1.44. The number of benzene rings is 4. The molecule has 4 aromatic carbocycles. The molecule has 1 heterocycles. The second kappa shape index (κ2) is 10.7. The number of likely N-dealkylation sites (N-methyl/N-ethyl adjacent to an activating group) is 1. The van der Waals surface area contributed by atoms with Gasteiger partial charge < -0.3 is 9.57 Å². The first-order valence-corrected chi connectivity index (χ1v) is 13.3. The van der Waals surface area contributed by atoms with E-state index in [0.29, 0.717) is 5.06 Å². The van der Waals surface area contributed by atoms with Gasteiger partial charge in [-0.15, -0.1) is 0 Å². The van der Waals surface area contributed by atoms with Crippen LogP contribution in [0.1, 0.15) is 43.3 Å². The van der Waals surface area contributed by atoms with Crippen LogP contribution in [0.2, 0.25) is 0 Å². The van der Waals surface area contributed by atoms with Crippen LogP contribution in [-0.2, 0) is 20.8 Å². The third-order valence-electron chi connectivity index (χ3n) is 7.57. The summed E-state index contributed by atoms with van der Waals surface area (Å²) in [5.41, 5.74) is 5.39. The lowest BCUT2D eigenvalue weighted by molar-refractivity contribution is -0.174. The Morgan fingerprint density at radius 2 is 1.22 bits per heavy atom. The molecule has 204 valence electrons. The van der Waals surface area contributed by atoms with Gasteiger partial charge in [0.05, 0.1) is 11.1 Å². The molecule has 1 aliphatic carbocycles. The maximum atomic E-state index is 13.5. The highest BCUT2D eigenvalue weighted by Gasteiger charge is 2.41. The third kappa shape index (κ3) is 4.74. The molecule has 4 aromatic rings. The van der Waals surface area contributed by atoms with Gasteiger partial charge in [-0.2, -0.15) is 0 Å². The van der Waals surface area contributed by atoms with Gasteiger partial charge >= 0.3 is 12.1 Å². The van der Waals surface area contributed by atoms with E-state index in [4.69, 9.17) is 9.57 Å². The number of fused-ring (bicyclic) bond motifs is 4. The molecule has 6 rings (SSSR count). The van der Waals surface area contributed by atoms with Gasteiger partial charge in [0.25, 0.3) is 11.8 Å². The predicted molar refractivity (Wildman–Crippen MR) is 150 cm³/mol. The Morgan fingerprint density at radius 1 is 0.732 bits per heavy atom. The highest BCUT2D eigenvalue weighted by molar-refractivity contribution is 6.21. The van der Waals surface area contributed by atoms with E-state index in [0.717, 1.165) is 32.7 Å². The lowest BCUT2D eigenvalue weighted by atomic mass is 9.98. The topological polar surface area (TPSA) is 93.2 Å². The summed E-state index contributed by atoms with van der Waals surface area (Å²) in [5, 5.41) is 0.455. The molecule has 8 nitrogen and oxygen atoms in total. The van der Waals surface area contributed by atoms with Crippen LogP contribution in [0.4, 0.5) is 4.79 Å². The fourth-order valence-corrected chi connectivity index (χ4v) is 5.44. The van der Waals surface area contributed by atoms with Gasteiger partial charge in [-0.05, 0) is 39.9 Å². The third-order valence-corrected chi connectivity index (χ3v) is 7.57. The molecule has 0 N–H and O–H groups in total. The van der Waals surface area contributed by atoms with Gasteiger partial charge in [-0.3, -0.25) is 14.5 Å². The minimum Gasteiger partial charge on any atom is -0.448 e. The summed E-state index contributed by atoms with van der Waals surface area (Å²) >= 11 is 0. The highest BCUT2D eigenvalue weighted by atomic mass is 16.7. The van der Waals surface area contributed by atoms with Crippen molar-refractivity contribution >= 4 is 23.9 Å². The fraction of sp³-hybridized carbons (Fsp3) is 0.152. The minimum atomic E-state index is -1.17. The van der Waals surface area contributed by atoms with Gasteiger partial charge in [0.2, 0.25) is 0 Å². The summed E-state index contributed by atoms with van der Waals surface area (Å²) in [6.07, 6.45) is -0.643. The molecule has 1 atom stereocenters. The molecule has 8 heteroatoms. The Bertz CT molecular complexity index is 1590. The summed E-state index contributed by atoms with van der Waals surface area (Å²) in [6.45, 7) is 0.0721. The van der Waals surface area contributed by atoms with Crippen molar-refractivity contribution in [3.63, 3.8) is 0 Å². The molecular weight excluding hydrogens is 520 g/mol. The highest BCUT2D eigenvalue weighted by Crippen LogP contribution is 2.44. The van der Waals surface area contributed by atoms with Crippen molar-refractivity contribution in [2.75, 3.05) is 13.7 Å². The average molecular weight is 547 g/mol. The predicted octanol–water partition coefficient (Wildman–Crippen LogP) is 5.23. The summed E-state index contributed by atoms with van der Waals surface area (Å²) in [4.78, 5) is 58.9. The number of rotatable bonds is 7. The smallest absolute Gasteiger partial charge is 0.410 e. The first kappa shape index (κ1) is 26.0. The molecule has 0 spiro atoms. The number of hydrogen-bond donors (Lipinski definition) is 0. The molecule has 0 aromatic heterocycles. The average Bonchev–Trinajstić information content (AvgIpc) is 3.46. The van der Waals surface area contributed by atoms with E-state index in [1.165, 1.54) is 19.2 Å². The van der Waals surface area contributed by atoms with Crippen LogP contribution in [0.5, 0.6) is 0 Å². The normalized spacial score (nSPS) is 14.2. The largest absolute Gasteiger partial charge is 0.448 e. The van der Waals surface area contributed by atoms with E-state index < -0.39 is 29.9 Å². The lowest BCUT2D eigenvalue weighted by Crippen LogP contribution is -2.48. The first-order valence-electron chi connectivity index (χ1n) is 13.3. The lowest BCUT2D eigenvalue weighted by Gasteiger charge is -2.27. The van der Waals surface area contributed by atoms with E-state index >= 15 is 0 Å². The molecule has 0 bridgehead atoms. The van der Waals surface area contributed by atoms with Crippen LogP contribution in [-0.4, -0.2) is 53.5 Å². The molecule has 0 saturated carbocycles. The number of amides is 3. The van der Waals surface area contributed by atoms with E-state index in [9.17, 15) is 19.2 Å². The maximum absolute atomic E-state index is 13.5. The Labute approximate surface area is 236 Å². The SMILES string of the molecule is CN(C(=O)OCC1c2ccccc2-c2ccccc21)[C@H](Cc1ccccc1)C(=O)ON1C(=O)c2ccccc2C1=O. The molecule has 0 saturated heterocycles. The number of carbonyl (C=O) groups excluding carboxylic acids is 4. The van der Waals surface area contributed by atoms with Crippen molar-refractivity contribution in [2.45, 2.75) is 18.4 Å². The van der Waals surface area contributed by atoms with Crippen LogP contribution >= 0.6 is 0 Å². The van der Waals surface area contributed by atoms with Crippen molar-refractivity contribution in [1.82, 2.24) is 9.96 Å². The Balaban J connectivity index is 1.20. The Morgan fingerprint density at radius 3 is 1.78 bits per heavy atom. The molecule has 0 unspecified atom stereocenters.